The van der Waals surface area contributed by atoms with Crippen LogP contribution in [-0.4, -0.2) is 25.5 Å². The molecule has 110 valence electrons. The van der Waals surface area contributed by atoms with Gasteiger partial charge in [0.15, 0.2) is 6.54 Å². The Morgan fingerprint density at radius 3 is 2.85 bits per heavy atom. The fourth-order valence-corrected chi connectivity index (χ4v) is 3.41. The molecule has 1 aliphatic rings. The Labute approximate surface area is 126 Å². The molecule has 0 aromatic heterocycles. The molecule has 1 saturated heterocycles. The lowest BCUT2D eigenvalue weighted by Gasteiger charge is -2.27. The molecule has 2 N–H and O–H groups in total. The third kappa shape index (κ3) is 3.97. The molecule has 1 heterocycles. The molecule has 1 aromatic rings. The Balaban J connectivity index is 1.98. The van der Waals surface area contributed by atoms with E-state index in [0.717, 1.165) is 35.8 Å². The number of rotatable bonds is 3. The molecular weight excluding hydrogens is 272 g/mol. The van der Waals surface area contributed by atoms with E-state index >= 15 is 0 Å². The molecule has 0 bridgehead atoms. The molecule has 0 aliphatic carbocycles. The van der Waals surface area contributed by atoms with Crippen LogP contribution in [0.2, 0.25) is 5.02 Å². The first-order chi connectivity index (χ1) is 9.45. The van der Waals surface area contributed by atoms with Crippen molar-refractivity contribution in [2.75, 3.05) is 25.0 Å². The highest BCUT2D eigenvalue weighted by molar-refractivity contribution is 6.34. The van der Waals surface area contributed by atoms with Crippen LogP contribution in [0, 0.1) is 19.8 Å². The van der Waals surface area contributed by atoms with Crippen molar-refractivity contribution in [3.8, 4) is 0 Å². The van der Waals surface area contributed by atoms with E-state index in [1.54, 1.807) is 0 Å². The van der Waals surface area contributed by atoms with Crippen LogP contribution < -0.4 is 10.2 Å². The van der Waals surface area contributed by atoms with Gasteiger partial charge in [-0.25, -0.2) is 0 Å². The van der Waals surface area contributed by atoms with Crippen LogP contribution in [0.15, 0.2) is 12.1 Å². The Morgan fingerprint density at radius 2 is 2.20 bits per heavy atom. The summed E-state index contributed by atoms with van der Waals surface area (Å²) in [6.07, 6.45) is 2.50. The van der Waals surface area contributed by atoms with E-state index < -0.39 is 0 Å². The highest BCUT2D eigenvalue weighted by Gasteiger charge is 2.22. The van der Waals surface area contributed by atoms with Crippen LogP contribution in [0.4, 0.5) is 5.69 Å². The third-order valence-corrected chi connectivity index (χ3v) is 4.27. The van der Waals surface area contributed by atoms with Crippen LogP contribution >= 0.6 is 11.6 Å². The second kappa shape index (κ2) is 6.59. The summed E-state index contributed by atoms with van der Waals surface area (Å²) in [6, 6.07) is 3.93. The average Bonchev–Trinajstić information content (AvgIpc) is 2.33. The van der Waals surface area contributed by atoms with Gasteiger partial charge in [0.1, 0.15) is 0 Å². The highest BCUT2D eigenvalue weighted by atomic mass is 35.5. The fourth-order valence-electron chi connectivity index (χ4n) is 3.04. The molecule has 1 amide bonds. The molecule has 1 unspecified atom stereocenters. The lowest BCUT2D eigenvalue weighted by atomic mass is 10.0. The number of halogens is 1. The number of aryl methyl sites for hydroxylation is 2. The predicted octanol–water partition coefficient (Wildman–Crippen LogP) is 2.21. The van der Waals surface area contributed by atoms with Gasteiger partial charge in [-0.15, -0.1) is 0 Å². The predicted molar refractivity (Wildman–Crippen MR) is 83.5 cm³/mol. The van der Waals surface area contributed by atoms with Crippen molar-refractivity contribution >= 4 is 23.2 Å². The van der Waals surface area contributed by atoms with E-state index in [1.807, 2.05) is 26.0 Å². The first-order valence-corrected chi connectivity index (χ1v) is 7.73. The molecule has 2 atom stereocenters. The van der Waals surface area contributed by atoms with Gasteiger partial charge in [0.2, 0.25) is 0 Å². The zero-order valence-electron chi connectivity index (χ0n) is 12.6. The largest absolute Gasteiger partial charge is 0.327 e. The van der Waals surface area contributed by atoms with Gasteiger partial charge in [-0.1, -0.05) is 24.6 Å². The summed E-state index contributed by atoms with van der Waals surface area (Å²) < 4.78 is 0. The van der Waals surface area contributed by atoms with E-state index in [4.69, 9.17) is 11.6 Å². The average molecular weight is 296 g/mol. The minimum Gasteiger partial charge on any atom is -0.327 e. The van der Waals surface area contributed by atoms with Gasteiger partial charge in [-0.3, -0.25) is 4.79 Å². The van der Waals surface area contributed by atoms with Gasteiger partial charge < -0.3 is 10.2 Å². The van der Waals surface area contributed by atoms with E-state index in [0.29, 0.717) is 11.6 Å². The van der Waals surface area contributed by atoms with Crippen LogP contribution in [0.1, 0.15) is 30.9 Å². The zero-order valence-corrected chi connectivity index (χ0v) is 13.3. The number of anilines is 1. The fraction of sp³-hybridized carbons (Fsp3) is 0.562. The smallest absolute Gasteiger partial charge is 0.279 e. The van der Waals surface area contributed by atoms with Crippen LogP contribution in [0.3, 0.4) is 0 Å². The molecule has 2 rings (SSSR count). The van der Waals surface area contributed by atoms with E-state index in [-0.39, 0.29) is 5.91 Å². The SMILES string of the molecule is Cc1cc(C)c(NC(=O)C[NH+]2CCC[C@@H](C)C2)c(Cl)c1. The summed E-state index contributed by atoms with van der Waals surface area (Å²) in [6.45, 7) is 8.96. The molecule has 1 aliphatic heterocycles. The number of nitrogens with one attached hydrogen (secondary N) is 2. The van der Waals surface area contributed by atoms with Gasteiger partial charge in [0.05, 0.1) is 23.8 Å². The summed E-state index contributed by atoms with van der Waals surface area (Å²) >= 11 is 6.22. The Morgan fingerprint density at radius 1 is 1.45 bits per heavy atom. The molecule has 20 heavy (non-hydrogen) atoms. The molecular formula is C16H24ClN2O+. The topological polar surface area (TPSA) is 33.5 Å². The number of quaternary nitrogens is 1. The molecule has 1 fully saturated rings. The molecule has 0 radical (unpaired) electrons. The standard InChI is InChI=1S/C16H23ClN2O/c1-11-5-4-6-19(9-11)10-15(20)18-16-13(3)7-12(2)8-14(16)17/h7-8,11H,4-6,9-10H2,1-3H3,(H,18,20)/p+1/t11-/m1/s1. The van der Waals surface area contributed by atoms with Crippen molar-refractivity contribution in [1.82, 2.24) is 0 Å². The zero-order chi connectivity index (χ0) is 14.7. The van der Waals surface area contributed by atoms with Crippen molar-refractivity contribution in [2.45, 2.75) is 33.6 Å². The third-order valence-electron chi connectivity index (χ3n) is 3.97. The molecule has 0 saturated carbocycles. The molecule has 3 nitrogen and oxygen atoms in total. The van der Waals surface area contributed by atoms with Gasteiger partial charge in [0.25, 0.3) is 5.91 Å². The molecule has 0 spiro atoms. The van der Waals surface area contributed by atoms with E-state index in [9.17, 15) is 4.79 Å². The maximum atomic E-state index is 12.2. The minimum atomic E-state index is 0.0583. The van der Waals surface area contributed by atoms with Crippen molar-refractivity contribution in [1.29, 1.82) is 0 Å². The first kappa shape index (κ1) is 15.3. The summed E-state index contributed by atoms with van der Waals surface area (Å²) in [5.41, 5.74) is 2.89. The number of hydrogen-bond acceptors (Lipinski definition) is 1. The number of amides is 1. The summed E-state index contributed by atoms with van der Waals surface area (Å²) in [4.78, 5) is 13.6. The Bertz CT molecular complexity index is 478. The van der Waals surface area contributed by atoms with Crippen LogP contribution in [0.5, 0.6) is 0 Å². The normalized spacial score (nSPS) is 22.6. The van der Waals surface area contributed by atoms with Crippen molar-refractivity contribution < 1.29 is 9.69 Å². The number of likely N-dealkylation sites (tertiary alicyclic amines) is 1. The minimum absolute atomic E-state index is 0.0583. The number of carbonyl (C=O) groups excluding carboxylic acids is 1. The monoisotopic (exact) mass is 295 g/mol. The van der Waals surface area contributed by atoms with Crippen molar-refractivity contribution in [3.05, 3.63) is 28.3 Å². The van der Waals surface area contributed by atoms with Crippen LogP contribution in [-0.2, 0) is 4.79 Å². The molecule has 4 heteroatoms. The Kier molecular flexibility index (Phi) is 5.06. The summed E-state index contributed by atoms with van der Waals surface area (Å²) in [7, 11) is 0. The van der Waals surface area contributed by atoms with Gasteiger partial charge in [-0.2, -0.15) is 0 Å². The number of benzene rings is 1. The summed E-state index contributed by atoms with van der Waals surface area (Å²) in [5.74, 6) is 0.777. The van der Waals surface area contributed by atoms with Crippen LogP contribution in [0.25, 0.3) is 0 Å². The highest BCUT2D eigenvalue weighted by Crippen LogP contribution is 2.27. The van der Waals surface area contributed by atoms with Gasteiger partial charge >= 0.3 is 0 Å². The summed E-state index contributed by atoms with van der Waals surface area (Å²) in [5, 5.41) is 3.60. The second-order valence-electron chi connectivity index (χ2n) is 6.12. The maximum absolute atomic E-state index is 12.2. The van der Waals surface area contributed by atoms with E-state index in [1.165, 1.54) is 17.7 Å². The number of carbonyl (C=O) groups is 1. The number of hydrogen-bond donors (Lipinski definition) is 2. The first-order valence-electron chi connectivity index (χ1n) is 7.36. The molecule has 1 aromatic carbocycles. The lowest BCUT2D eigenvalue weighted by Crippen LogP contribution is -3.14. The number of piperidine rings is 1. The quantitative estimate of drug-likeness (QED) is 0.881. The van der Waals surface area contributed by atoms with Gasteiger partial charge in [-0.05, 0) is 43.9 Å². The van der Waals surface area contributed by atoms with Crippen molar-refractivity contribution in [3.63, 3.8) is 0 Å². The van der Waals surface area contributed by atoms with Crippen molar-refractivity contribution in [2.24, 2.45) is 5.92 Å². The second-order valence-corrected chi connectivity index (χ2v) is 6.52. The van der Waals surface area contributed by atoms with Gasteiger partial charge in [0, 0.05) is 5.92 Å². The lowest BCUT2D eigenvalue weighted by molar-refractivity contribution is -0.900. The maximum Gasteiger partial charge on any atom is 0.279 e. The van der Waals surface area contributed by atoms with E-state index in [2.05, 4.69) is 12.2 Å². The Hall–Kier alpha value is -1.06.